The molecule has 0 saturated carbocycles. The summed E-state index contributed by atoms with van der Waals surface area (Å²) in [5.74, 6) is -1.90. The molecule has 0 spiro atoms. The second-order valence-corrected chi connectivity index (χ2v) is 5.06. The van der Waals surface area contributed by atoms with Gasteiger partial charge in [0.15, 0.2) is 5.12 Å². The minimum atomic E-state index is -1.03. The SMILES string of the molecule is CCCCC(=O)Sc1cc(C(=O)Cl)c(F)cc1F. The molecule has 0 saturated heterocycles. The van der Waals surface area contributed by atoms with E-state index in [1.807, 2.05) is 6.92 Å². The molecule has 0 aromatic heterocycles. The summed E-state index contributed by atoms with van der Waals surface area (Å²) < 4.78 is 26.6. The molecule has 18 heavy (non-hydrogen) atoms. The molecular formula is C12H11ClF2O2S. The molecule has 0 aliphatic heterocycles. The number of carbonyl (C=O) groups excluding carboxylic acids is 2. The van der Waals surface area contributed by atoms with Crippen molar-refractivity contribution in [2.75, 3.05) is 0 Å². The van der Waals surface area contributed by atoms with Gasteiger partial charge in [-0.1, -0.05) is 13.3 Å². The van der Waals surface area contributed by atoms with Crippen LogP contribution in [0.5, 0.6) is 0 Å². The predicted octanol–water partition coefficient (Wildman–Crippen LogP) is 4.15. The highest BCUT2D eigenvalue weighted by Crippen LogP contribution is 2.27. The molecule has 1 aromatic carbocycles. The number of benzene rings is 1. The lowest BCUT2D eigenvalue weighted by atomic mass is 10.2. The Morgan fingerprint density at radius 2 is 1.94 bits per heavy atom. The van der Waals surface area contributed by atoms with Crippen molar-refractivity contribution in [1.29, 1.82) is 0 Å². The van der Waals surface area contributed by atoms with Crippen LogP contribution >= 0.6 is 23.4 Å². The summed E-state index contributed by atoms with van der Waals surface area (Å²) in [5.41, 5.74) is -0.427. The summed E-state index contributed by atoms with van der Waals surface area (Å²) in [5, 5.41) is -1.24. The molecule has 0 aliphatic carbocycles. The van der Waals surface area contributed by atoms with E-state index in [9.17, 15) is 18.4 Å². The summed E-state index contributed by atoms with van der Waals surface area (Å²) >= 11 is 5.82. The predicted molar refractivity (Wildman–Crippen MR) is 66.9 cm³/mol. The van der Waals surface area contributed by atoms with E-state index in [1.54, 1.807) is 0 Å². The van der Waals surface area contributed by atoms with Gasteiger partial charge < -0.3 is 0 Å². The topological polar surface area (TPSA) is 34.1 Å². The highest BCUT2D eigenvalue weighted by Gasteiger charge is 2.16. The number of carbonyl (C=O) groups is 2. The smallest absolute Gasteiger partial charge is 0.255 e. The summed E-state index contributed by atoms with van der Waals surface area (Å²) in [6.45, 7) is 1.93. The van der Waals surface area contributed by atoms with Crippen LogP contribution in [0.4, 0.5) is 8.78 Å². The Morgan fingerprint density at radius 1 is 1.28 bits per heavy atom. The molecule has 0 aliphatic rings. The average Bonchev–Trinajstić information content (AvgIpc) is 2.29. The molecule has 0 amide bonds. The fourth-order valence-corrected chi connectivity index (χ4v) is 2.22. The maximum absolute atomic E-state index is 13.4. The number of thioether (sulfide) groups is 1. The first-order valence-electron chi connectivity index (χ1n) is 5.35. The summed E-state index contributed by atoms with van der Waals surface area (Å²) in [6, 6.07) is 1.53. The molecule has 6 heteroatoms. The molecule has 98 valence electrons. The minimum Gasteiger partial charge on any atom is -0.287 e. The third kappa shape index (κ3) is 4.07. The van der Waals surface area contributed by atoms with Gasteiger partial charge in [0, 0.05) is 12.5 Å². The zero-order chi connectivity index (χ0) is 13.7. The van der Waals surface area contributed by atoms with Crippen molar-refractivity contribution in [3.63, 3.8) is 0 Å². The summed E-state index contributed by atoms with van der Waals surface area (Å²) in [6.07, 6.45) is 1.86. The van der Waals surface area contributed by atoms with Crippen LogP contribution in [0, 0.1) is 11.6 Å². The maximum Gasteiger partial charge on any atom is 0.255 e. The van der Waals surface area contributed by atoms with Crippen LogP contribution in [-0.2, 0) is 4.79 Å². The molecule has 0 unspecified atom stereocenters. The van der Waals surface area contributed by atoms with Gasteiger partial charge >= 0.3 is 0 Å². The Balaban J connectivity index is 2.92. The molecule has 2 nitrogen and oxygen atoms in total. The van der Waals surface area contributed by atoms with Gasteiger partial charge in [-0.25, -0.2) is 8.78 Å². The second kappa shape index (κ2) is 6.85. The Morgan fingerprint density at radius 3 is 2.50 bits per heavy atom. The highest BCUT2D eigenvalue weighted by atomic mass is 35.5. The van der Waals surface area contributed by atoms with Gasteiger partial charge in [-0.05, 0) is 35.9 Å². The monoisotopic (exact) mass is 292 g/mol. The minimum absolute atomic E-state index is 0.0819. The summed E-state index contributed by atoms with van der Waals surface area (Å²) in [7, 11) is 0. The fraction of sp³-hybridized carbons (Fsp3) is 0.333. The standard InChI is InChI=1S/C12H11ClF2O2S/c1-2-3-4-11(16)18-10-5-7(12(13)17)8(14)6-9(10)15/h5-6H,2-4H2,1H3. The van der Waals surface area contributed by atoms with E-state index in [4.69, 9.17) is 11.6 Å². The lowest BCUT2D eigenvalue weighted by molar-refractivity contribution is -0.111. The first kappa shape index (κ1) is 15.1. The highest BCUT2D eigenvalue weighted by molar-refractivity contribution is 8.13. The number of hydrogen-bond donors (Lipinski definition) is 0. The Hall–Kier alpha value is -0.940. The van der Waals surface area contributed by atoms with E-state index in [0.717, 1.165) is 12.5 Å². The van der Waals surface area contributed by atoms with E-state index in [1.165, 1.54) is 0 Å². The molecule has 0 bridgehead atoms. The maximum atomic E-state index is 13.4. The molecule has 0 radical (unpaired) electrons. The van der Waals surface area contributed by atoms with E-state index >= 15 is 0 Å². The van der Waals surface area contributed by atoms with Gasteiger partial charge in [-0.15, -0.1) is 0 Å². The third-order valence-electron chi connectivity index (χ3n) is 2.19. The lowest BCUT2D eigenvalue weighted by Gasteiger charge is -2.04. The molecule has 0 fully saturated rings. The van der Waals surface area contributed by atoms with Gasteiger partial charge in [0.25, 0.3) is 5.24 Å². The number of hydrogen-bond acceptors (Lipinski definition) is 3. The van der Waals surface area contributed by atoms with Crippen molar-refractivity contribution in [2.45, 2.75) is 31.1 Å². The Kier molecular flexibility index (Phi) is 5.75. The van der Waals surface area contributed by atoms with E-state index in [0.29, 0.717) is 30.7 Å². The zero-order valence-electron chi connectivity index (χ0n) is 9.63. The van der Waals surface area contributed by atoms with Gasteiger partial charge in [-0.2, -0.15) is 0 Å². The Labute approximate surface area is 113 Å². The van der Waals surface area contributed by atoms with Crippen LogP contribution in [-0.4, -0.2) is 10.4 Å². The van der Waals surface area contributed by atoms with Crippen molar-refractivity contribution >= 4 is 33.7 Å². The number of halogens is 3. The average molecular weight is 293 g/mol. The van der Waals surface area contributed by atoms with Gasteiger partial charge in [0.05, 0.1) is 10.5 Å². The first-order chi connectivity index (χ1) is 8.45. The molecule has 1 rings (SSSR count). The number of rotatable bonds is 5. The van der Waals surface area contributed by atoms with E-state index < -0.39 is 22.4 Å². The van der Waals surface area contributed by atoms with Gasteiger partial charge in [-0.3, -0.25) is 9.59 Å². The quantitative estimate of drug-likeness (QED) is 0.604. The van der Waals surface area contributed by atoms with Crippen molar-refractivity contribution in [1.82, 2.24) is 0 Å². The third-order valence-corrected chi connectivity index (χ3v) is 3.36. The molecule has 0 heterocycles. The largest absolute Gasteiger partial charge is 0.287 e. The fourth-order valence-electron chi connectivity index (χ4n) is 1.25. The van der Waals surface area contributed by atoms with Crippen LogP contribution < -0.4 is 0 Å². The molecule has 0 N–H and O–H groups in total. The van der Waals surface area contributed by atoms with Crippen LogP contribution in [0.1, 0.15) is 36.5 Å². The van der Waals surface area contributed by atoms with Crippen LogP contribution in [0.25, 0.3) is 0 Å². The van der Waals surface area contributed by atoms with Crippen molar-refractivity contribution in [3.05, 3.63) is 29.3 Å². The Bertz CT molecular complexity index is 477. The molecule has 1 aromatic rings. The molecule has 0 atom stereocenters. The normalized spacial score (nSPS) is 10.4. The van der Waals surface area contributed by atoms with Crippen molar-refractivity contribution in [2.24, 2.45) is 0 Å². The van der Waals surface area contributed by atoms with Crippen LogP contribution in [0.15, 0.2) is 17.0 Å². The zero-order valence-corrected chi connectivity index (χ0v) is 11.2. The van der Waals surface area contributed by atoms with E-state index in [-0.39, 0.29) is 10.0 Å². The van der Waals surface area contributed by atoms with Gasteiger partial charge in [0.2, 0.25) is 0 Å². The van der Waals surface area contributed by atoms with Crippen LogP contribution in [0.3, 0.4) is 0 Å². The molecular weight excluding hydrogens is 282 g/mol. The van der Waals surface area contributed by atoms with Crippen LogP contribution in [0.2, 0.25) is 0 Å². The van der Waals surface area contributed by atoms with Crippen molar-refractivity contribution in [3.8, 4) is 0 Å². The summed E-state index contributed by atoms with van der Waals surface area (Å²) in [4.78, 5) is 22.3. The lowest BCUT2D eigenvalue weighted by Crippen LogP contribution is -1.99. The van der Waals surface area contributed by atoms with Crippen molar-refractivity contribution < 1.29 is 18.4 Å². The number of unbranched alkanes of at least 4 members (excludes halogenated alkanes) is 1. The first-order valence-corrected chi connectivity index (χ1v) is 6.54. The second-order valence-electron chi connectivity index (χ2n) is 3.61. The van der Waals surface area contributed by atoms with E-state index in [2.05, 4.69) is 0 Å². The van der Waals surface area contributed by atoms with Gasteiger partial charge in [0.1, 0.15) is 11.6 Å².